The highest BCUT2D eigenvalue weighted by Gasteiger charge is 2.06. The van der Waals surface area contributed by atoms with E-state index in [2.05, 4.69) is 0 Å². The van der Waals surface area contributed by atoms with E-state index in [1.165, 1.54) is 21.3 Å². The first-order valence-electron chi connectivity index (χ1n) is 7.22. The maximum absolute atomic E-state index is 13.2. The summed E-state index contributed by atoms with van der Waals surface area (Å²) in [7, 11) is 0. The Balaban J connectivity index is 1.89. The number of halogens is 1. The van der Waals surface area contributed by atoms with E-state index in [0.29, 0.717) is 12.1 Å². The summed E-state index contributed by atoms with van der Waals surface area (Å²) in [4.78, 5) is 24.4. The van der Waals surface area contributed by atoms with Gasteiger partial charge in [0.1, 0.15) is 5.82 Å². The second-order valence-electron chi connectivity index (χ2n) is 5.28. The molecule has 0 fully saturated rings. The molecule has 0 saturated heterocycles. The van der Waals surface area contributed by atoms with Gasteiger partial charge in [0, 0.05) is 12.4 Å². The van der Waals surface area contributed by atoms with Crippen molar-refractivity contribution in [2.45, 2.75) is 13.1 Å². The van der Waals surface area contributed by atoms with Crippen molar-refractivity contribution < 1.29 is 4.39 Å². The lowest BCUT2D eigenvalue weighted by atomic mass is 10.2. The molecular weight excluding hydrogens is 295 g/mol. The van der Waals surface area contributed by atoms with Crippen LogP contribution in [0.15, 0.2) is 76.6 Å². The largest absolute Gasteiger partial charge is 0.316 e. The van der Waals surface area contributed by atoms with E-state index in [1.807, 2.05) is 30.3 Å². The van der Waals surface area contributed by atoms with Crippen LogP contribution < -0.4 is 11.1 Å². The van der Waals surface area contributed by atoms with Gasteiger partial charge in [0.15, 0.2) is 0 Å². The molecule has 0 aliphatic rings. The highest BCUT2D eigenvalue weighted by molar-refractivity contribution is 5.17. The van der Waals surface area contributed by atoms with Crippen molar-refractivity contribution >= 4 is 0 Å². The molecule has 0 radical (unpaired) electrons. The molecule has 0 N–H and O–H groups in total. The van der Waals surface area contributed by atoms with Crippen molar-refractivity contribution in [1.29, 1.82) is 0 Å². The molecule has 3 aromatic rings. The molecule has 1 heterocycles. The van der Waals surface area contributed by atoms with Crippen molar-refractivity contribution in [3.63, 3.8) is 0 Å². The lowest BCUT2D eigenvalue weighted by Gasteiger charge is -2.09. The molecule has 0 spiro atoms. The SMILES string of the molecule is O=c1c(=O)n(Cc2cccc(F)c2)ccn1Cc1ccccc1. The Kier molecular flexibility index (Phi) is 4.19. The number of benzene rings is 2. The van der Waals surface area contributed by atoms with Gasteiger partial charge in [-0.15, -0.1) is 0 Å². The normalized spacial score (nSPS) is 10.7. The molecule has 4 nitrogen and oxygen atoms in total. The van der Waals surface area contributed by atoms with Crippen molar-refractivity contribution in [1.82, 2.24) is 9.13 Å². The van der Waals surface area contributed by atoms with Gasteiger partial charge in [0.25, 0.3) is 0 Å². The van der Waals surface area contributed by atoms with Crippen LogP contribution in [0.4, 0.5) is 4.39 Å². The summed E-state index contributed by atoms with van der Waals surface area (Å²) in [6.07, 6.45) is 3.13. The van der Waals surface area contributed by atoms with Crippen LogP contribution in [-0.2, 0) is 13.1 Å². The zero-order valence-corrected chi connectivity index (χ0v) is 12.4. The fourth-order valence-corrected chi connectivity index (χ4v) is 2.40. The molecule has 0 bridgehead atoms. The molecule has 0 atom stereocenters. The number of rotatable bonds is 4. The summed E-state index contributed by atoms with van der Waals surface area (Å²) >= 11 is 0. The fourth-order valence-electron chi connectivity index (χ4n) is 2.40. The van der Waals surface area contributed by atoms with E-state index >= 15 is 0 Å². The summed E-state index contributed by atoms with van der Waals surface area (Å²) < 4.78 is 15.9. The minimum absolute atomic E-state index is 0.165. The predicted molar refractivity (Wildman–Crippen MR) is 86.0 cm³/mol. The van der Waals surface area contributed by atoms with E-state index in [4.69, 9.17) is 0 Å². The van der Waals surface area contributed by atoms with Crippen LogP contribution in [0.1, 0.15) is 11.1 Å². The van der Waals surface area contributed by atoms with Gasteiger partial charge in [-0.25, -0.2) is 4.39 Å². The molecule has 0 aliphatic heterocycles. The quantitative estimate of drug-likeness (QED) is 0.694. The Morgan fingerprint density at radius 2 is 1.30 bits per heavy atom. The third-order valence-corrected chi connectivity index (χ3v) is 3.57. The van der Waals surface area contributed by atoms with Crippen LogP contribution in [0.5, 0.6) is 0 Å². The number of hydrogen-bond donors (Lipinski definition) is 0. The Morgan fingerprint density at radius 1 is 0.739 bits per heavy atom. The van der Waals surface area contributed by atoms with Gasteiger partial charge in [-0.2, -0.15) is 0 Å². The van der Waals surface area contributed by atoms with Gasteiger partial charge < -0.3 is 9.13 Å². The summed E-state index contributed by atoms with van der Waals surface area (Å²) in [6.45, 7) is 0.508. The zero-order valence-electron chi connectivity index (χ0n) is 12.4. The van der Waals surface area contributed by atoms with Crippen LogP contribution in [0, 0.1) is 5.82 Å². The molecular formula is C18H15FN2O2. The maximum atomic E-state index is 13.2. The number of hydrogen-bond acceptors (Lipinski definition) is 2. The van der Waals surface area contributed by atoms with Crippen LogP contribution in [0.25, 0.3) is 0 Å². The van der Waals surface area contributed by atoms with Gasteiger partial charge in [0.05, 0.1) is 13.1 Å². The summed E-state index contributed by atoms with van der Waals surface area (Å²) in [5, 5.41) is 0. The maximum Gasteiger partial charge on any atom is 0.316 e. The molecule has 2 aromatic carbocycles. The minimum Gasteiger partial charge on any atom is -0.305 e. The fraction of sp³-hybridized carbons (Fsp3) is 0.111. The van der Waals surface area contributed by atoms with Gasteiger partial charge >= 0.3 is 11.1 Å². The second kappa shape index (κ2) is 6.44. The molecule has 0 saturated carbocycles. The molecule has 0 aliphatic carbocycles. The second-order valence-corrected chi connectivity index (χ2v) is 5.28. The van der Waals surface area contributed by atoms with E-state index in [9.17, 15) is 14.0 Å². The van der Waals surface area contributed by atoms with E-state index in [0.717, 1.165) is 5.56 Å². The minimum atomic E-state index is -0.618. The Labute approximate surface area is 132 Å². The summed E-state index contributed by atoms with van der Waals surface area (Å²) in [6, 6.07) is 15.4. The lowest BCUT2D eigenvalue weighted by molar-refractivity contribution is 0.620. The van der Waals surface area contributed by atoms with Crippen molar-refractivity contribution in [3.8, 4) is 0 Å². The monoisotopic (exact) mass is 310 g/mol. The zero-order chi connectivity index (χ0) is 16.2. The highest BCUT2D eigenvalue weighted by atomic mass is 19.1. The van der Waals surface area contributed by atoms with Gasteiger partial charge in [-0.3, -0.25) is 9.59 Å². The molecule has 23 heavy (non-hydrogen) atoms. The Hall–Kier alpha value is -2.95. The molecule has 0 amide bonds. The Bertz CT molecular complexity index is 929. The van der Waals surface area contributed by atoms with Crippen LogP contribution >= 0.6 is 0 Å². The molecule has 1 aromatic heterocycles. The van der Waals surface area contributed by atoms with Crippen LogP contribution in [0.2, 0.25) is 0 Å². The van der Waals surface area contributed by atoms with Crippen LogP contribution in [0.3, 0.4) is 0 Å². The van der Waals surface area contributed by atoms with Crippen LogP contribution in [-0.4, -0.2) is 9.13 Å². The Morgan fingerprint density at radius 3 is 1.91 bits per heavy atom. The molecule has 116 valence electrons. The van der Waals surface area contributed by atoms with E-state index in [-0.39, 0.29) is 12.4 Å². The lowest BCUT2D eigenvalue weighted by Crippen LogP contribution is -2.40. The first-order chi connectivity index (χ1) is 11.1. The highest BCUT2D eigenvalue weighted by Crippen LogP contribution is 2.04. The molecule has 0 unspecified atom stereocenters. The van der Waals surface area contributed by atoms with Gasteiger partial charge in [0.2, 0.25) is 0 Å². The first-order valence-corrected chi connectivity index (χ1v) is 7.22. The number of aromatic nitrogens is 2. The summed E-state index contributed by atoms with van der Waals surface area (Å²) in [5.74, 6) is -0.368. The van der Waals surface area contributed by atoms with Crippen molar-refractivity contribution in [3.05, 3.63) is 105 Å². The van der Waals surface area contributed by atoms with Crippen molar-refractivity contribution in [2.75, 3.05) is 0 Å². The average Bonchev–Trinajstić information content (AvgIpc) is 2.56. The van der Waals surface area contributed by atoms with Gasteiger partial charge in [-0.1, -0.05) is 42.5 Å². The van der Waals surface area contributed by atoms with E-state index < -0.39 is 11.1 Å². The topological polar surface area (TPSA) is 44.0 Å². The van der Waals surface area contributed by atoms with Crippen molar-refractivity contribution in [2.24, 2.45) is 0 Å². The number of nitrogens with zero attached hydrogens (tertiary/aromatic N) is 2. The third-order valence-electron chi connectivity index (χ3n) is 3.57. The third kappa shape index (κ3) is 3.45. The smallest absolute Gasteiger partial charge is 0.305 e. The van der Waals surface area contributed by atoms with E-state index in [1.54, 1.807) is 24.5 Å². The summed E-state index contributed by atoms with van der Waals surface area (Å²) in [5.41, 5.74) is 0.365. The first kappa shape index (κ1) is 15.0. The predicted octanol–water partition coefficient (Wildman–Crippen LogP) is 2.25. The average molecular weight is 310 g/mol. The van der Waals surface area contributed by atoms with Gasteiger partial charge in [-0.05, 0) is 23.3 Å². The molecule has 5 heteroatoms. The molecule has 3 rings (SSSR count). The standard InChI is InChI=1S/C18H15FN2O2/c19-16-8-4-7-15(11-16)13-21-10-9-20(17(22)18(21)23)12-14-5-2-1-3-6-14/h1-11H,12-13H2.